The molecule has 33 heavy (non-hydrogen) atoms. The monoisotopic (exact) mass is 458 g/mol. The molecule has 0 aliphatic heterocycles. The van der Waals surface area contributed by atoms with Crippen LogP contribution in [0.2, 0.25) is 5.02 Å². The molecule has 0 saturated heterocycles. The largest absolute Gasteiger partial charge is 0.383 e. The molecule has 4 N–H and O–H groups in total. The van der Waals surface area contributed by atoms with Gasteiger partial charge in [-0.3, -0.25) is 0 Å². The number of rotatable bonds is 4. The van der Waals surface area contributed by atoms with E-state index in [1.54, 1.807) is 6.92 Å². The van der Waals surface area contributed by atoms with Crippen LogP contribution in [-0.4, -0.2) is 30.1 Å². The van der Waals surface area contributed by atoms with Crippen LogP contribution in [0, 0.1) is 6.92 Å². The van der Waals surface area contributed by atoms with E-state index in [0.717, 1.165) is 16.6 Å². The van der Waals surface area contributed by atoms with Gasteiger partial charge in [-0.1, -0.05) is 47.1 Å². The van der Waals surface area contributed by atoms with Crippen molar-refractivity contribution in [1.29, 1.82) is 0 Å². The van der Waals surface area contributed by atoms with Crippen molar-refractivity contribution in [2.75, 3.05) is 11.5 Å². The second-order valence-corrected chi connectivity index (χ2v) is 7.92. The van der Waals surface area contributed by atoms with Crippen LogP contribution in [0.25, 0.3) is 33.7 Å². The van der Waals surface area contributed by atoms with Crippen LogP contribution in [0.1, 0.15) is 30.3 Å². The lowest BCUT2D eigenvalue weighted by atomic mass is 9.99. The van der Waals surface area contributed by atoms with Gasteiger partial charge in [0.05, 0.1) is 33.4 Å². The zero-order valence-corrected chi connectivity index (χ0v) is 18.6. The van der Waals surface area contributed by atoms with Crippen molar-refractivity contribution in [1.82, 2.24) is 30.1 Å². The molecule has 3 heterocycles. The van der Waals surface area contributed by atoms with Crippen LogP contribution in [0.4, 0.5) is 11.6 Å². The minimum absolute atomic E-state index is 0.151. The summed E-state index contributed by atoms with van der Waals surface area (Å²) in [5, 5.41) is 4.44. The van der Waals surface area contributed by atoms with Crippen LogP contribution in [0.5, 0.6) is 0 Å². The van der Waals surface area contributed by atoms with Gasteiger partial charge in [0.2, 0.25) is 11.7 Å². The van der Waals surface area contributed by atoms with Gasteiger partial charge in [-0.15, -0.1) is 0 Å². The van der Waals surface area contributed by atoms with Gasteiger partial charge in [0.1, 0.15) is 23.0 Å². The van der Waals surface area contributed by atoms with Crippen LogP contribution in [0.3, 0.4) is 0 Å². The quantitative estimate of drug-likeness (QED) is 0.400. The highest BCUT2D eigenvalue weighted by molar-refractivity contribution is 6.33. The molecule has 0 bridgehead atoms. The lowest BCUT2D eigenvalue weighted by Crippen LogP contribution is -2.12. The number of benzene rings is 2. The molecule has 2 aromatic carbocycles. The molecule has 0 radical (unpaired) electrons. The van der Waals surface area contributed by atoms with E-state index in [4.69, 9.17) is 37.6 Å². The Balaban J connectivity index is 1.68. The first-order valence-electron chi connectivity index (χ1n) is 10.2. The number of nitrogens with zero attached hydrogens (tertiary/aromatic N) is 6. The number of fused-ring (bicyclic) bond motifs is 1. The number of aryl methyl sites for hydroxylation is 1. The summed E-state index contributed by atoms with van der Waals surface area (Å²) in [4.78, 5) is 22.9. The third kappa shape index (κ3) is 3.72. The van der Waals surface area contributed by atoms with E-state index in [1.807, 2.05) is 55.5 Å². The van der Waals surface area contributed by atoms with Crippen molar-refractivity contribution in [2.45, 2.75) is 19.8 Å². The number of nitrogens with two attached hydrogens (primary N) is 2. The number of halogens is 1. The number of hydrogen-bond acceptors (Lipinski definition) is 9. The first kappa shape index (κ1) is 20.8. The molecular formula is C23H19ClN8O. The minimum atomic E-state index is -0.390. The Hall–Kier alpha value is -4.11. The van der Waals surface area contributed by atoms with Gasteiger partial charge in [-0.2, -0.15) is 4.98 Å². The maximum Gasteiger partial charge on any atom is 0.223 e. The van der Waals surface area contributed by atoms with Crippen LogP contribution >= 0.6 is 11.6 Å². The molecule has 164 valence electrons. The molecule has 5 aromatic rings. The Morgan fingerprint density at radius 2 is 1.48 bits per heavy atom. The second kappa shape index (κ2) is 8.10. The van der Waals surface area contributed by atoms with Crippen molar-refractivity contribution in [2.24, 2.45) is 0 Å². The Morgan fingerprint density at radius 1 is 0.848 bits per heavy atom. The Labute approximate surface area is 193 Å². The topological polar surface area (TPSA) is 143 Å². The lowest BCUT2D eigenvalue weighted by Gasteiger charge is -2.17. The van der Waals surface area contributed by atoms with E-state index >= 15 is 0 Å². The minimum Gasteiger partial charge on any atom is -0.383 e. The molecule has 3 aromatic heterocycles. The molecule has 0 amide bonds. The number of aromatic nitrogens is 6. The predicted molar refractivity (Wildman–Crippen MR) is 126 cm³/mol. The Morgan fingerprint density at radius 3 is 2.12 bits per heavy atom. The van der Waals surface area contributed by atoms with E-state index in [0.29, 0.717) is 33.7 Å². The number of nitrogen functional groups attached to an aromatic ring is 2. The summed E-state index contributed by atoms with van der Waals surface area (Å²) in [6.45, 7) is 3.60. The highest BCUT2D eigenvalue weighted by atomic mass is 35.5. The predicted octanol–water partition coefficient (Wildman–Crippen LogP) is 4.41. The molecule has 0 aliphatic rings. The average molecular weight is 459 g/mol. The molecule has 1 unspecified atom stereocenters. The SMILES string of the molecule is Cc1nc(-c2c(N)nc(C(C)c3nc4ccccc4nc3-c3ccccc3Cl)nc2N)no1. The van der Waals surface area contributed by atoms with Gasteiger partial charge in [-0.05, 0) is 25.1 Å². The summed E-state index contributed by atoms with van der Waals surface area (Å²) in [6.07, 6.45) is 0. The van der Waals surface area contributed by atoms with Gasteiger partial charge in [0.25, 0.3) is 0 Å². The van der Waals surface area contributed by atoms with Crippen LogP contribution in [-0.2, 0) is 0 Å². The highest BCUT2D eigenvalue weighted by Crippen LogP contribution is 2.36. The molecule has 0 fully saturated rings. The van der Waals surface area contributed by atoms with Crippen molar-refractivity contribution < 1.29 is 4.52 Å². The molecule has 1 atom stereocenters. The van der Waals surface area contributed by atoms with Gasteiger partial charge >= 0.3 is 0 Å². The van der Waals surface area contributed by atoms with Crippen molar-refractivity contribution in [3.05, 3.63) is 71.0 Å². The summed E-state index contributed by atoms with van der Waals surface area (Å²) >= 11 is 6.51. The van der Waals surface area contributed by atoms with Crippen LogP contribution < -0.4 is 11.5 Å². The molecule has 5 rings (SSSR count). The zero-order valence-electron chi connectivity index (χ0n) is 17.8. The fraction of sp³-hybridized carbons (Fsp3) is 0.130. The van der Waals surface area contributed by atoms with Gasteiger partial charge in [-0.25, -0.2) is 19.9 Å². The third-order valence-corrected chi connectivity index (χ3v) is 5.59. The van der Waals surface area contributed by atoms with Crippen LogP contribution in [0.15, 0.2) is 53.1 Å². The fourth-order valence-corrected chi connectivity index (χ4v) is 3.85. The summed E-state index contributed by atoms with van der Waals surface area (Å²) in [5.74, 6) is 0.934. The van der Waals surface area contributed by atoms with E-state index in [9.17, 15) is 0 Å². The van der Waals surface area contributed by atoms with Crippen molar-refractivity contribution in [3.63, 3.8) is 0 Å². The standard InChI is InChI=1S/C23H19ClN8O/c1-11(22-30-20(25)17(21(26)31-22)23-27-12(2)33-32-23)18-19(13-7-3-4-8-14(13)24)29-16-10-6-5-9-15(16)28-18/h3-11H,1-2H3,(H4,25,26,30,31). The first-order valence-corrected chi connectivity index (χ1v) is 10.6. The summed E-state index contributed by atoms with van der Waals surface area (Å²) in [5.41, 5.74) is 16.4. The molecular weight excluding hydrogens is 440 g/mol. The maximum atomic E-state index is 6.51. The van der Waals surface area contributed by atoms with E-state index in [2.05, 4.69) is 20.1 Å². The van der Waals surface area contributed by atoms with E-state index in [1.165, 1.54) is 0 Å². The summed E-state index contributed by atoms with van der Waals surface area (Å²) in [6, 6.07) is 15.1. The summed E-state index contributed by atoms with van der Waals surface area (Å²) in [7, 11) is 0. The lowest BCUT2D eigenvalue weighted by molar-refractivity contribution is 0.394. The van der Waals surface area contributed by atoms with Crippen molar-refractivity contribution in [3.8, 4) is 22.6 Å². The number of anilines is 2. The molecule has 10 heteroatoms. The smallest absolute Gasteiger partial charge is 0.223 e. The van der Waals surface area contributed by atoms with E-state index < -0.39 is 0 Å². The molecule has 9 nitrogen and oxygen atoms in total. The highest BCUT2D eigenvalue weighted by Gasteiger charge is 2.25. The molecule has 0 spiro atoms. The maximum absolute atomic E-state index is 6.51. The fourth-order valence-electron chi connectivity index (χ4n) is 3.63. The zero-order chi connectivity index (χ0) is 23.1. The van der Waals surface area contributed by atoms with Gasteiger partial charge in [0.15, 0.2) is 0 Å². The van der Waals surface area contributed by atoms with E-state index in [-0.39, 0.29) is 23.4 Å². The Bertz CT molecular complexity index is 1480. The first-order chi connectivity index (χ1) is 15.9. The van der Waals surface area contributed by atoms with Gasteiger partial charge < -0.3 is 16.0 Å². The molecule has 0 aliphatic carbocycles. The Kier molecular flexibility index (Phi) is 5.10. The number of hydrogen-bond donors (Lipinski definition) is 2. The summed E-state index contributed by atoms with van der Waals surface area (Å²) < 4.78 is 5.03. The second-order valence-electron chi connectivity index (χ2n) is 7.51. The average Bonchev–Trinajstić information content (AvgIpc) is 3.23. The normalized spacial score (nSPS) is 12.2. The van der Waals surface area contributed by atoms with Crippen molar-refractivity contribution >= 4 is 34.3 Å². The third-order valence-electron chi connectivity index (χ3n) is 5.26. The van der Waals surface area contributed by atoms with Gasteiger partial charge in [0, 0.05) is 12.5 Å². The number of para-hydroxylation sites is 2. The molecule has 0 saturated carbocycles.